The second kappa shape index (κ2) is 3.51. The van der Waals surface area contributed by atoms with Gasteiger partial charge in [0.25, 0.3) is 0 Å². The number of hydrogen-bond acceptors (Lipinski definition) is 5. The fourth-order valence-electron chi connectivity index (χ4n) is 0.947. The summed E-state index contributed by atoms with van der Waals surface area (Å²) in [6.45, 7) is 0. The van der Waals surface area contributed by atoms with Gasteiger partial charge >= 0.3 is 5.97 Å². The van der Waals surface area contributed by atoms with Gasteiger partial charge in [-0.2, -0.15) is 10.2 Å². The van der Waals surface area contributed by atoms with Crippen LogP contribution in [-0.4, -0.2) is 26.3 Å². The van der Waals surface area contributed by atoms with E-state index in [2.05, 4.69) is 15.2 Å². The van der Waals surface area contributed by atoms with Crippen molar-refractivity contribution < 1.29 is 9.90 Å². The molecule has 2 heterocycles. The number of hydrogen-bond donors (Lipinski definition) is 1. The number of aromatic nitrogens is 3. The average molecular weight is 207 g/mol. The van der Waals surface area contributed by atoms with E-state index in [0.717, 1.165) is 16.9 Å². The van der Waals surface area contributed by atoms with Gasteiger partial charge in [0, 0.05) is 10.9 Å². The van der Waals surface area contributed by atoms with Crippen molar-refractivity contribution in [2.24, 2.45) is 0 Å². The lowest BCUT2D eigenvalue weighted by Gasteiger charge is -1.91. The molecule has 5 nitrogen and oxygen atoms in total. The van der Waals surface area contributed by atoms with Crippen molar-refractivity contribution in [2.75, 3.05) is 0 Å². The summed E-state index contributed by atoms with van der Waals surface area (Å²) in [5.74, 6) is -1.01. The Morgan fingerprint density at radius 2 is 2.29 bits per heavy atom. The Kier molecular flexibility index (Phi) is 2.19. The molecule has 0 bridgehead atoms. The molecule has 2 aromatic heterocycles. The Morgan fingerprint density at radius 1 is 1.43 bits per heavy atom. The van der Waals surface area contributed by atoms with Crippen LogP contribution in [0.3, 0.4) is 0 Å². The van der Waals surface area contributed by atoms with Crippen LogP contribution >= 0.6 is 11.3 Å². The Balaban J connectivity index is 2.39. The van der Waals surface area contributed by atoms with Crippen molar-refractivity contribution in [2.45, 2.75) is 0 Å². The number of rotatable bonds is 2. The van der Waals surface area contributed by atoms with E-state index < -0.39 is 5.97 Å². The van der Waals surface area contributed by atoms with Gasteiger partial charge in [-0.1, -0.05) is 0 Å². The van der Waals surface area contributed by atoms with E-state index in [1.165, 1.54) is 6.20 Å². The van der Waals surface area contributed by atoms with E-state index in [4.69, 9.17) is 5.11 Å². The molecule has 14 heavy (non-hydrogen) atoms. The summed E-state index contributed by atoms with van der Waals surface area (Å²) >= 11 is 1.09. The topological polar surface area (TPSA) is 76.0 Å². The van der Waals surface area contributed by atoms with Crippen LogP contribution in [0.25, 0.3) is 11.3 Å². The molecule has 0 radical (unpaired) electrons. The zero-order chi connectivity index (χ0) is 9.97. The highest BCUT2D eigenvalue weighted by molar-refractivity contribution is 7.11. The molecular formula is C8H5N3O2S. The molecule has 0 aliphatic rings. The van der Waals surface area contributed by atoms with Crippen LogP contribution in [0.15, 0.2) is 23.8 Å². The summed E-state index contributed by atoms with van der Waals surface area (Å²) in [6.07, 6.45) is 3.08. The van der Waals surface area contributed by atoms with E-state index in [0.29, 0.717) is 5.69 Å². The molecule has 0 aromatic carbocycles. The molecule has 70 valence electrons. The lowest BCUT2D eigenvalue weighted by Crippen LogP contribution is -1.94. The Hall–Kier alpha value is -1.82. The highest BCUT2D eigenvalue weighted by Gasteiger charge is 2.09. The summed E-state index contributed by atoms with van der Waals surface area (Å²) in [4.78, 5) is 14.5. The fourth-order valence-corrected chi connectivity index (χ4v) is 1.61. The Morgan fingerprint density at radius 3 is 2.86 bits per heavy atom. The van der Waals surface area contributed by atoms with Crippen molar-refractivity contribution in [1.82, 2.24) is 15.2 Å². The quantitative estimate of drug-likeness (QED) is 0.803. The molecule has 0 aliphatic carbocycles. The zero-order valence-corrected chi connectivity index (χ0v) is 7.73. The molecule has 1 N–H and O–H groups in total. The predicted octanol–water partition coefficient (Wildman–Crippen LogP) is 1.30. The number of carbonyl (C=O) groups is 1. The lowest BCUT2D eigenvalue weighted by atomic mass is 10.2. The molecule has 0 fully saturated rings. The number of thiazole rings is 1. The normalized spacial score (nSPS) is 10.0. The van der Waals surface area contributed by atoms with Gasteiger partial charge in [0.2, 0.25) is 5.01 Å². The van der Waals surface area contributed by atoms with Crippen LogP contribution in [0.2, 0.25) is 0 Å². The smallest absolute Gasteiger partial charge is 0.365 e. The molecule has 0 spiro atoms. The fraction of sp³-hybridized carbons (Fsp3) is 0. The summed E-state index contributed by atoms with van der Waals surface area (Å²) < 4.78 is 0. The third kappa shape index (κ3) is 1.60. The number of carboxylic acids is 1. The molecule has 6 heteroatoms. The minimum atomic E-state index is -1.01. The van der Waals surface area contributed by atoms with Gasteiger partial charge in [0.15, 0.2) is 0 Å². The minimum Gasteiger partial charge on any atom is -0.476 e. The number of aromatic carboxylic acids is 1. The third-order valence-electron chi connectivity index (χ3n) is 1.57. The standard InChI is InChI=1S/C8H5N3O2S/c12-8(13)7-11-6(4-14-7)5-1-2-9-10-3-5/h1-4H,(H,12,13). The van der Waals surface area contributed by atoms with Crippen LogP contribution in [-0.2, 0) is 0 Å². The molecule has 0 atom stereocenters. The van der Waals surface area contributed by atoms with E-state index in [9.17, 15) is 4.79 Å². The molecule has 0 saturated carbocycles. The Bertz CT molecular complexity index is 455. The van der Waals surface area contributed by atoms with E-state index in [-0.39, 0.29) is 5.01 Å². The zero-order valence-electron chi connectivity index (χ0n) is 6.91. The second-order valence-electron chi connectivity index (χ2n) is 2.47. The van der Waals surface area contributed by atoms with Gasteiger partial charge in [-0.25, -0.2) is 9.78 Å². The van der Waals surface area contributed by atoms with E-state index in [1.54, 1.807) is 17.6 Å². The van der Waals surface area contributed by atoms with Crippen LogP contribution in [0.4, 0.5) is 0 Å². The first-order valence-electron chi connectivity index (χ1n) is 3.73. The predicted molar refractivity (Wildman–Crippen MR) is 50.1 cm³/mol. The van der Waals surface area contributed by atoms with Gasteiger partial charge in [-0.3, -0.25) is 0 Å². The van der Waals surface area contributed by atoms with Crippen molar-refractivity contribution in [3.05, 3.63) is 28.8 Å². The molecule has 0 unspecified atom stereocenters. The summed E-state index contributed by atoms with van der Waals surface area (Å²) in [6, 6.07) is 1.73. The SMILES string of the molecule is O=C(O)c1nc(-c2ccnnc2)cs1. The number of nitrogens with zero attached hydrogens (tertiary/aromatic N) is 3. The first-order chi connectivity index (χ1) is 6.77. The molecule has 0 saturated heterocycles. The maximum atomic E-state index is 10.6. The van der Waals surface area contributed by atoms with Crippen molar-refractivity contribution in [3.8, 4) is 11.3 Å². The maximum Gasteiger partial charge on any atom is 0.365 e. The van der Waals surface area contributed by atoms with Gasteiger partial charge in [-0.05, 0) is 6.07 Å². The van der Waals surface area contributed by atoms with Crippen LogP contribution in [0, 0.1) is 0 Å². The van der Waals surface area contributed by atoms with E-state index in [1.807, 2.05) is 0 Å². The molecule has 2 aromatic rings. The monoisotopic (exact) mass is 207 g/mol. The first kappa shape index (κ1) is 8.76. The molecule has 0 aliphatic heterocycles. The highest BCUT2D eigenvalue weighted by atomic mass is 32.1. The van der Waals surface area contributed by atoms with Crippen LogP contribution < -0.4 is 0 Å². The van der Waals surface area contributed by atoms with Crippen LogP contribution in [0.5, 0.6) is 0 Å². The second-order valence-corrected chi connectivity index (χ2v) is 3.33. The summed E-state index contributed by atoms with van der Waals surface area (Å²) in [5.41, 5.74) is 1.38. The van der Waals surface area contributed by atoms with Gasteiger partial charge < -0.3 is 5.11 Å². The van der Waals surface area contributed by atoms with Gasteiger partial charge in [0.05, 0.1) is 18.1 Å². The summed E-state index contributed by atoms with van der Waals surface area (Å²) in [7, 11) is 0. The molecular weight excluding hydrogens is 202 g/mol. The minimum absolute atomic E-state index is 0.0804. The lowest BCUT2D eigenvalue weighted by molar-refractivity contribution is 0.0696. The van der Waals surface area contributed by atoms with E-state index >= 15 is 0 Å². The molecule has 0 amide bonds. The van der Waals surface area contributed by atoms with Crippen molar-refractivity contribution in [3.63, 3.8) is 0 Å². The average Bonchev–Trinajstić information content (AvgIpc) is 2.68. The number of carboxylic acid groups (broad SMARTS) is 1. The van der Waals surface area contributed by atoms with Gasteiger partial charge in [0.1, 0.15) is 0 Å². The first-order valence-corrected chi connectivity index (χ1v) is 4.61. The maximum absolute atomic E-state index is 10.6. The van der Waals surface area contributed by atoms with Crippen molar-refractivity contribution in [1.29, 1.82) is 0 Å². The highest BCUT2D eigenvalue weighted by Crippen LogP contribution is 2.20. The van der Waals surface area contributed by atoms with Crippen LogP contribution in [0.1, 0.15) is 9.80 Å². The molecule has 2 rings (SSSR count). The Labute approximate surface area is 83.1 Å². The van der Waals surface area contributed by atoms with Crippen molar-refractivity contribution >= 4 is 17.3 Å². The largest absolute Gasteiger partial charge is 0.476 e. The third-order valence-corrected chi connectivity index (χ3v) is 2.40. The summed E-state index contributed by atoms with van der Waals surface area (Å²) in [5, 5.41) is 17.7. The van der Waals surface area contributed by atoms with Gasteiger partial charge in [-0.15, -0.1) is 11.3 Å².